The molecule has 5 rings (SSSR count). The minimum atomic E-state index is -0.762. The van der Waals surface area contributed by atoms with Crippen molar-refractivity contribution in [2.24, 2.45) is 0 Å². The van der Waals surface area contributed by atoms with Crippen molar-refractivity contribution in [2.75, 3.05) is 11.9 Å². The van der Waals surface area contributed by atoms with Crippen molar-refractivity contribution < 1.29 is 19.0 Å². The van der Waals surface area contributed by atoms with E-state index in [0.29, 0.717) is 38.2 Å². The van der Waals surface area contributed by atoms with E-state index in [1.165, 1.54) is 11.3 Å². The Balaban J connectivity index is 1.22. The summed E-state index contributed by atoms with van der Waals surface area (Å²) in [5.41, 5.74) is 0.859. The maximum absolute atomic E-state index is 12.6. The highest BCUT2D eigenvalue weighted by Crippen LogP contribution is 2.32. The third-order valence-corrected chi connectivity index (χ3v) is 5.75. The number of fused-ring (bicyclic) bond motifs is 1. The fraction of sp³-hybridized carbons (Fsp3) is 0.0870. The molecule has 0 radical (unpaired) electrons. The second-order valence-electron chi connectivity index (χ2n) is 6.85. The van der Waals surface area contributed by atoms with Crippen LogP contribution in [0.4, 0.5) is 5.13 Å². The number of carbonyl (C=O) groups excluding carboxylic acids is 1. The first-order chi connectivity index (χ1) is 15.6. The van der Waals surface area contributed by atoms with E-state index >= 15 is 0 Å². The maximum atomic E-state index is 12.6. The standard InChI is InChI=1S/C23H16ClN3O4S/c24-15-7-11-17(12-8-15)30-16-9-5-14(6-10-16)22-26-27-23(32-22)25-21(28)20-13-29-18-3-1-2-4-19(18)31-20/h1-12,20H,13H2,(H,25,27,28). The molecule has 0 bridgehead atoms. The third-order valence-electron chi connectivity index (χ3n) is 4.61. The number of nitrogens with one attached hydrogen (secondary N) is 1. The van der Waals surface area contributed by atoms with Crippen LogP contribution in [-0.4, -0.2) is 28.8 Å². The summed E-state index contributed by atoms with van der Waals surface area (Å²) in [6.07, 6.45) is -0.762. The summed E-state index contributed by atoms with van der Waals surface area (Å²) < 4.78 is 17.1. The summed E-state index contributed by atoms with van der Waals surface area (Å²) in [5.74, 6) is 2.20. The van der Waals surface area contributed by atoms with Gasteiger partial charge in [0.25, 0.3) is 5.91 Å². The van der Waals surface area contributed by atoms with Gasteiger partial charge in [-0.3, -0.25) is 10.1 Å². The molecule has 1 unspecified atom stereocenters. The number of hydrogen-bond donors (Lipinski definition) is 1. The van der Waals surface area contributed by atoms with E-state index in [0.717, 1.165) is 5.56 Å². The second-order valence-corrected chi connectivity index (χ2v) is 8.26. The molecule has 1 amide bonds. The zero-order valence-electron chi connectivity index (χ0n) is 16.5. The molecule has 0 saturated carbocycles. The fourth-order valence-corrected chi connectivity index (χ4v) is 3.91. The summed E-state index contributed by atoms with van der Waals surface area (Å²) >= 11 is 7.16. The summed E-state index contributed by atoms with van der Waals surface area (Å²) in [5, 5.41) is 12.7. The van der Waals surface area contributed by atoms with Gasteiger partial charge in [-0.1, -0.05) is 35.1 Å². The van der Waals surface area contributed by atoms with Gasteiger partial charge in [0.2, 0.25) is 11.2 Å². The molecule has 1 N–H and O–H groups in total. The molecule has 0 aliphatic carbocycles. The van der Waals surface area contributed by atoms with E-state index in [1.54, 1.807) is 36.4 Å². The number of rotatable bonds is 5. The molecule has 160 valence electrons. The summed E-state index contributed by atoms with van der Waals surface area (Å²) in [4.78, 5) is 12.6. The van der Waals surface area contributed by atoms with Crippen LogP contribution in [0, 0.1) is 0 Å². The Kier molecular flexibility index (Phi) is 5.62. The van der Waals surface area contributed by atoms with Crippen molar-refractivity contribution in [3.8, 4) is 33.6 Å². The predicted octanol–water partition coefficient (Wildman–Crippen LogP) is 5.43. The summed E-state index contributed by atoms with van der Waals surface area (Å²) in [6, 6.07) is 21.8. The number of nitrogens with zero attached hydrogens (tertiary/aromatic N) is 2. The van der Waals surface area contributed by atoms with Crippen LogP contribution in [0.5, 0.6) is 23.0 Å². The zero-order chi connectivity index (χ0) is 21.9. The minimum absolute atomic E-state index is 0.129. The van der Waals surface area contributed by atoms with Crippen LogP contribution in [0.3, 0.4) is 0 Å². The smallest absolute Gasteiger partial charge is 0.270 e. The van der Waals surface area contributed by atoms with Gasteiger partial charge in [-0.15, -0.1) is 10.2 Å². The Labute approximate surface area is 192 Å². The van der Waals surface area contributed by atoms with Crippen molar-refractivity contribution in [2.45, 2.75) is 6.10 Å². The maximum Gasteiger partial charge on any atom is 0.270 e. The molecular weight excluding hydrogens is 450 g/mol. The predicted molar refractivity (Wildman–Crippen MR) is 122 cm³/mol. The molecular formula is C23H16ClN3O4S. The van der Waals surface area contributed by atoms with Crippen LogP contribution in [0.2, 0.25) is 5.02 Å². The number of halogens is 1. The molecule has 0 saturated heterocycles. The molecule has 1 aromatic heterocycles. The second kappa shape index (κ2) is 8.86. The van der Waals surface area contributed by atoms with Gasteiger partial charge in [-0.05, 0) is 60.7 Å². The van der Waals surface area contributed by atoms with Crippen LogP contribution in [0.15, 0.2) is 72.8 Å². The molecule has 0 spiro atoms. The van der Waals surface area contributed by atoms with Gasteiger partial charge in [-0.2, -0.15) is 0 Å². The van der Waals surface area contributed by atoms with Gasteiger partial charge in [0.1, 0.15) is 23.1 Å². The van der Waals surface area contributed by atoms with E-state index in [2.05, 4.69) is 15.5 Å². The van der Waals surface area contributed by atoms with Crippen molar-refractivity contribution in [3.63, 3.8) is 0 Å². The molecule has 9 heteroatoms. The molecule has 1 atom stereocenters. The van der Waals surface area contributed by atoms with Gasteiger partial charge in [-0.25, -0.2) is 0 Å². The third kappa shape index (κ3) is 4.51. The molecule has 1 aliphatic heterocycles. The minimum Gasteiger partial charge on any atom is -0.485 e. The SMILES string of the molecule is O=C(Nc1nnc(-c2ccc(Oc3ccc(Cl)cc3)cc2)s1)C1COc2ccccc2O1. The van der Waals surface area contributed by atoms with E-state index in [1.807, 2.05) is 36.4 Å². The van der Waals surface area contributed by atoms with Crippen LogP contribution in [0.25, 0.3) is 10.6 Å². The number of ether oxygens (including phenoxy) is 3. The first kappa shape index (κ1) is 20.3. The number of hydrogen-bond acceptors (Lipinski definition) is 7. The van der Waals surface area contributed by atoms with Crippen molar-refractivity contribution in [1.82, 2.24) is 10.2 Å². The fourth-order valence-electron chi connectivity index (χ4n) is 3.03. The Morgan fingerprint density at radius 1 is 0.969 bits per heavy atom. The highest BCUT2D eigenvalue weighted by molar-refractivity contribution is 7.18. The first-order valence-electron chi connectivity index (χ1n) is 9.71. The molecule has 32 heavy (non-hydrogen) atoms. The number of carbonyl (C=O) groups is 1. The average Bonchev–Trinajstić information content (AvgIpc) is 3.29. The average molecular weight is 466 g/mol. The van der Waals surface area contributed by atoms with Crippen molar-refractivity contribution >= 4 is 34.0 Å². The Morgan fingerprint density at radius 3 is 2.41 bits per heavy atom. The van der Waals surface area contributed by atoms with E-state index < -0.39 is 6.10 Å². The number of amides is 1. The first-order valence-corrected chi connectivity index (χ1v) is 10.9. The lowest BCUT2D eigenvalue weighted by Gasteiger charge is -2.25. The number of para-hydroxylation sites is 2. The number of aromatic nitrogens is 2. The van der Waals surface area contributed by atoms with E-state index in [4.69, 9.17) is 25.8 Å². The lowest BCUT2D eigenvalue weighted by atomic mass is 10.2. The monoisotopic (exact) mass is 465 g/mol. The number of anilines is 1. The topological polar surface area (TPSA) is 82.6 Å². The zero-order valence-corrected chi connectivity index (χ0v) is 18.1. The highest BCUT2D eigenvalue weighted by atomic mass is 35.5. The van der Waals surface area contributed by atoms with E-state index in [-0.39, 0.29) is 12.5 Å². The summed E-state index contributed by atoms with van der Waals surface area (Å²) in [6.45, 7) is 0.129. The normalized spacial score (nSPS) is 14.6. The van der Waals surface area contributed by atoms with Crippen LogP contribution in [-0.2, 0) is 4.79 Å². The van der Waals surface area contributed by atoms with Gasteiger partial charge in [0.15, 0.2) is 11.5 Å². The lowest BCUT2D eigenvalue weighted by Crippen LogP contribution is -2.40. The van der Waals surface area contributed by atoms with Crippen molar-refractivity contribution in [3.05, 3.63) is 77.8 Å². The molecule has 7 nitrogen and oxygen atoms in total. The van der Waals surface area contributed by atoms with Gasteiger partial charge >= 0.3 is 0 Å². The molecule has 1 aliphatic rings. The van der Waals surface area contributed by atoms with Gasteiger partial charge in [0.05, 0.1) is 0 Å². The van der Waals surface area contributed by atoms with Crippen LogP contribution >= 0.6 is 22.9 Å². The molecule has 3 aromatic carbocycles. The Bertz CT molecular complexity index is 1240. The molecule has 0 fully saturated rings. The largest absolute Gasteiger partial charge is 0.485 e. The van der Waals surface area contributed by atoms with Crippen molar-refractivity contribution in [1.29, 1.82) is 0 Å². The van der Waals surface area contributed by atoms with Crippen LogP contribution < -0.4 is 19.5 Å². The lowest BCUT2D eigenvalue weighted by molar-refractivity contribution is -0.125. The van der Waals surface area contributed by atoms with Gasteiger partial charge in [0, 0.05) is 10.6 Å². The quantitative estimate of drug-likeness (QED) is 0.423. The number of benzene rings is 3. The van der Waals surface area contributed by atoms with E-state index in [9.17, 15) is 4.79 Å². The Hall–Kier alpha value is -3.62. The summed E-state index contributed by atoms with van der Waals surface area (Å²) in [7, 11) is 0. The van der Waals surface area contributed by atoms with Gasteiger partial charge < -0.3 is 14.2 Å². The molecule has 2 heterocycles. The molecule has 4 aromatic rings. The highest BCUT2D eigenvalue weighted by Gasteiger charge is 2.28. The Morgan fingerprint density at radius 2 is 1.66 bits per heavy atom. The van der Waals surface area contributed by atoms with Crippen LogP contribution in [0.1, 0.15) is 0 Å².